The maximum Gasteiger partial charge on any atom is 0.164 e. The van der Waals surface area contributed by atoms with Gasteiger partial charge < -0.3 is 5.73 Å². The van der Waals surface area contributed by atoms with Crippen LogP contribution in [0, 0.1) is 0 Å². The molecule has 0 aromatic heterocycles. The van der Waals surface area contributed by atoms with Crippen LogP contribution in [0.5, 0.6) is 0 Å². The second-order valence-corrected chi connectivity index (χ2v) is 7.83. The van der Waals surface area contributed by atoms with Gasteiger partial charge in [-0.1, -0.05) is 0 Å². The minimum Gasteiger partial charge on any atom is -0.329 e. The molecule has 1 heterocycles. The van der Waals surface area contributed by atoms with E-state index in [4.69, 9.17) is 5.73 Å². The Morgan fingerprint density at radius 2 is 2.20 bits per heavy atom. The summed E-state index contributed by atoms with van der Waals surface area (Å²) >= 11 is 1.73. The highest BCUT2D eigenvalue weighted by molar-refractivity contribution is 8.00. The van der Waals surface area contributed by atoms with Crippen molar-refractivity contribution >= 4 is 21.6 Å². The molecular weight excluding hydrogens is 232 g/mol. The summed E-state index contributed by atoms with van der Waals surface area (Å²) in [6.45, 7) is 1.45. The molecule has 1 atom stereocenters. The molecule has 6 heteroatoms. The molecule has 2 N–H and O–H groups in total. The highest BCUT2D eigenvalue weighted by Crippen LogP contribution is 2.44. The van der Waals surface area contributed by atoms with Gasteiger partial charge in [-0.3, -0.25) is 4.90 Å². The lowest BCUT2D eigenvalue weighted by Crippen LogP contribution is -2.55. The summed E-state index contributed by atoms with van der Waals surface area (Å²) in [5.41, 5.74) is 5.77. The molecule has 2 rings (SSSR count). The monoisotopic (exact) mass is 250 g/mol. The zero-order valence-corrected chi connectivity index (χ0v) is 10.6. The van der Waals surface area contributed by atoms with E-state index in [-0.39, 0.29) is 10.9 Å². The summed E-state index contributed by atoms with van der Waals surface area (Å²) in [4.78, 5) is 2.14. The number of nitrogens with zero attached hydrogens (tertiary/aromatic N) is 1. The minimum absolute atomic E-state index is 0.00866. The van der Waals surface area contributed by atoms with Crippen molar-refractivity contribution in [3.63, 3.8) is 0 Å². The number of rotatable bonds is 3. The molecule has 4 nitrogen and oxygen atoms in total. The average Bonchev–Trinajstić information content (AvgIpc) is 2.97. The summed E-state index contributed by atoms with van der Waals surface area (Å²) in [6, 6.07) is 0. The van der Waals surface area contributed by atoms with Crippen molar-refractivity contribution < 1.29 is 8.42 Å². The fourth-order valence-corrected chi connectivity index (χ4v) is 5.17. The topological polar surface area (TPSA) is 63.4 Å². The fourth-order valence-electron chi connectivity index (χ4n) is 2.23. The molecular formula is C9H18N2O2S2. The van der Waals surface area contributed by atoms with Gasteiger partial charge in [-0.25, -0.2) is 8.42 Å². The zero-order valence-electron chi connectivity index (χ0n) is 8.98. The molecule has 0 spiro atoms. The number of sulfone groups is 1. The van der Waals surface area contributed by atoms with Crippen LogP contribution in [0.4, 0.5) is 0 Å². The van der Waals surface area contributed by atoms with Crippen molar-refractivity contribution in [3.8, 4) is 0 Å². The molecule has 0 radical (unpaired) electrons. The number of hydrogen-bond donors (Lipinski definition) is 1. The molecule has 1 saturated carbocycles. The SMILES string of the molecule is CS(=O)(=O)C1CSCCN1C1(CN)CC1. The van der Waals surface area contributed by atoms with Gasteiger partial charge in [-0.15, -0.1) is 0 Å². The summed E-state index contributed by atoms with van der Waals surface area (Å²) in [6.07, 6.45) is 3.45. The Bertz CT molecular complexity index is 338. The Morgan fingerprint density at radius 3 is 2.67 bits per heavy atom. The van der Waals surface area contributed by atoms with Crippen LogP contribution >= 0.6 is 11.8 Å². The van der Waals surface area contributed by atoms with E-state index in [0.717, 1.165) is 25.1 Å². The number of nitrogens with two attached hydrogens (primary N) is 1. The molecule has 1 aliphatic carbocycles. The van der Waals surface area contributed by atoms with E-state index in [2.05, 4.69) is 4.90 Å². The van der Waals surface area contributed by atoms with Gasteiger partial charge in [-0.2, -0.15) is 11.8 Å². The quantitative estimate of drug-likeness (QED) is 0.757. The molecule has 1 saturated heterocycles. The first-order valence-corrected chi connectivity index (χ1v) is 8.34. The maximum absolute atomic E-state index is 11.7. The molecule has 0 bridgehead atoms. The smallest absolute Gasteiger partial charge is 0.164 e. The average molecular weight is 250 g/mol. The van der Waals surface area contributed by atoms with Crippen molar-refractivity contribution in [1.29, 1.82) is 0 Å². The van der Waals surface area contributed by atoms with Crippen molar-refractivity contribution in [2.45, 2.75) is 23.8 Å². The normalized spacial score (nSPS) is 31.5. The molecule has 0 aromatic rings. The van der Waals surface area contributed by atoms with E-state index < -0.39 is 9.84 Å². The summed E-state index contributed by atoms with van der Waals surface area (Å²) in [5, 5.41) is -0.317. The minimum atomic E-state index is -2.98. The highest BCUT2D eigenvalue weighted by atomic mass is 32.2. The molecule has 1 unspecified atom stereocenters. The molecule has 0 aromatic carbocycles. The van der Waals surface area contributed by atoms with Crippen LogP contribution in [0.3, 0.4) is 0 Å². The molecule has 88 valence electrons. The fraction of sp³-hybridized carbons (Fsp3) is 1.00. The van der Waals surface area contributed by atoms with Crippen molar-refractivity contribution in [1.82, 2.24) is 4.90 Å². The molecule has 0 amide bonds. The van der Waals surface area contributed by atoms with Crippen LogP contribution in [0.25, 0.3) is 0 Å². The molecule has 15 heavy (non-hydrogen) atoms. The van der Waals surface area contributed by atoms with Crippen LogP contribution in [0.1, 0.15) is 12.8 Å². The third-order valence-corrected chi connectivity index (χ3v) is 6.04. The Hall–Kier alpha value is 0.220. The van der Waals surface area contributed by atoms with Gasteiger partial charge in [0.05, 0.1) is 0 Å². The second kappa shape index (κ2) is 3.91. The van der Waals surface area contributed by atoms with Gasteiger partial charge in [0.1, 0.15) is 5.37 Å². The molecule has 2 fully saturated rings. The Balaban J connectivity index is 2.21. The summed E-state index contributed by atoms with van der Waals surface area (Å²) in [7, 11) is -2.98. The van der Waals surface area contributed by atoms with E-state index in [0.29, 0.717) is 12.3 Å². The van der Waals surface area contributed by atoms with E-state index >= 15 is 0 Å². The van der Waals surface area contributed by atoms with Crippen LogP contribution in [0.2, 0.25) is 0 Å². The van der Waals surface area contributed by atoms with Crippen LogP contribution in [-0.4, -0.2) is 55.1 Å². The Kier molecular flexibility index (Phi) is 3.05. The van der Waals surface area contributed by atoms with Gasteiger partial charge in [0.2, 0.25) is 0 Å². The third kappa shape index (κ3) is 2.18. The van der Waals surface area contributed by atoms with Crippen molar-refractivity contribution in [2.24, 2.45) is 5.73 Å². The van der Waals surface area contributed by atoms with E-state index in [9.17, 15) is 8.42 Å². The third-order valence-electron chi connectivity index (χ3n) is 3.40. The Labute approximate surface area is 95.5 Å². The van der Waals surface area contributed by atoms with Crippen molar-refractivity contribution in [2.75, 3.05) is 30.9 Å². The predicted molar refractivity (Wildman–Crippen MR) is 63.7 cm³/mol. The lowest BCUT2D eigenvalue weighted by molar-refractivity contribution is 0.177. The predicted octanol–water partition coefficient (Wildman–Crippen LogP) is -0.103. The highest BCUT2D eigenvalue weighted by Gasteiger charge is 2.51. The van der Waals surface area contributed by atoms with E-state index in [1.165, 1.54) is 6.26 Å². The van der Waals surface area contributed by atoms with Crippen molar-refractivity contribution in [3.05, 3.63) is 0 Å². The van der Waals surface area contributed by atoms with E-state index in [1.54, 1.807) is 11.8 Å². The first kappa shape index (κ1) is 11.7. The summed E-state index contributed by atoms with van der Waals surface area (Å²) < 4.78 is 23.4. The van der Waals surface area contributed by atoms with Gasteiger partial charge in [-0.05, 0) is 12.8 Å². The first-order chi connectivity index (χ1) is 6.99. The molecule has 2 aliphatic rings. The second-order valence-electron chi connectivity index (χ2n) is 4.48. The zero-order chi connectivity index (χ0) is 11.1. The number of hydrogen-bond acceptors (Lipinski definition) is 5. The molecule has 1 aliphatic heterocycles. The largest absolute Gasteiger partial charge is 0.329 e. The van der Waals surface area contributed by atoms with Gasteiger partial charge in [0.25, 0.3) is 0 Å². The van der Waals surface area contributed by atoms with Gasteiger partial charge in [0.15, 0.2) is 9.84 Å². The van der Waals surface area contributed by atoms with Crippen LogP contribution in [0.15, 0.2) is 0 Å². The number of thioether (sulfide) groups is 1. The van der Waals surface area contributed by atoms with Crippen LogP contribution in [-0.2, 0) is 9.84 Å². The lowest BCUT2D eigenvalue weighted by Gasteiger charge is -2.39. The first-order valence-electron chi connectivity index (χ1n) is 5.23. The van der Waals surface area contributed by atoms with E-state index in [1.807, 2.05) is 0 Å². The Morgan fingerprint density at radius 1 is 1.53 bits per heavy atom. The summed E-state index contributed by atoms with van der Waals surface area (Å²) in [5.74, 6) is 1.72. The van der Waals surface area contributed by atoms with Gasteiger partial charge >= 0.3 is 0 Å². The van der Waals surface area contributed by atoms with Crippen LogP contribution < -0.4 is 5.73 Å². The van der Waals surface area contributed by atoms with Gasteiger partial charge in [0, 0.05) is 36.4 Å². The maximum atomic E-state index is 11.7. The standard InChI is InChI=1S/C9H18N2O2S2/c1-15(12,13)8-6-14-5-4-11(8)9(7-10)2-3-9/h8H,2-7,10H2,1H3. The lowest BCUT2D eigenvalue weighted by atomic mass is 10.2.